The van der Waals surface area contributed by atoms with Crippen LogP contribution in [-0.2, 0) is 16.0 Å². The van der Waals surface area contributed by atoms with Gasteiger partial charge < -0.3 is 15.8 Å². The molecule has 0 saturated carbocycles. The SMILES string of the molecule is CCOC(=O)CC1CCCc2ccc(NC(=O)c3ccc(C(=N)N)cc3)cc21.Cl. The van der Waals surface area contributed by atoms with Gasteiger partial charge in [-0.05, 0) is 67.5 Å². The van der Waals surface area contributed by atoms with Crippen LogP contribution in [0.1, 0.15) is 59.2 Å². The number of anilines is 1. The lowest BCUT2D eigenvalue weighted by Gasteiger charge is -2.25. The number of nitrogens with one attached hydrogen (secondary N) is 2. The van der Waals surface area contributed by atoms with E-state index in [4.69, 9.17) is 15.9 Å². The maximum atomic E-state index is 12.5. The molecule has 3 rings (SSSR count). The van der Waals surface area contributed by atoms with Crippen LogP contribution in [0.5, 0.6) is 0 Å². The molecule has 0 aromatic heterocycles. The first-order chi connectivity index (χ1) is 13.5. The number of nitrogen functional groups attached to an aromatic ring is 1. The Morgan fingerprint density at radius 3 is 2.52 bits per heavy atom. The number of rotatable bonds is 6. The van der Waals surface area contributed by atoms with Crippen LogP contribution in [-0.4, -0.2) is 24.3 Å². The summed E-state index contributed by atoms with van der Waals surface area (Å²) in [4.78, 5) is 24.5. The molecule has 1 aliphatic carbocycles. The maximum Gasteiger partial charge on any atom is 0.306 e. The second-order valence-electron chi connectivity index (χ2n) is 6.96. The van der Waals surface area contributed by atoms with E-state index in [9.17, 15) is 9.59 Å². The Morgan fingerprint density at radius 2 is 1.86 bits per heavy atom. The quantitative estimate of drug-likeness (QED) is 0.376. The third-order valence-electron chi connectivity index (χ3n) is 5.02. The molecule has 4 N–H and O–H groups in total. The molecule has 1 aliphatic rings. The van der Waals surface area contributed by atoms with E-state index in [1.54, 1.807) is 24.3 Å². The van der Waals surface area contributed by atoms with Crippen LogP contribution >= 0.6 is 12.4 Å². The van der Waals surface area contributed by atoms with E-state index < -0.39 is 0 Å². The molecule has 0 bridgehead atoms. The second kappa shape index (κ2) is 10.1. The van der Waals surface area contributed by atoms with E-state index in [1.165, 1.54) is 5.56 Å². The summed E-state index contributed by atoms with van der Waals surface area (Å²) >= 11 is 0. The molecule has 0 heterocycles. The van der Waals surface area contributed by atoms with Crippen molar-refractivity contribution in [3.63, 3.8) is 0 Å². The molecule has 0 spiro atoms. The zero-order valence-corrected chi connectivity index (χ0v) is 17.2. The highest BCUT2D eigenvalue weighted by Gasteiger charge is 2.24. The molecule has 1 atom stereocenters. The van der Waals surface area contributed by atoms with Crippen molar-refractivity contribution in [2.24, 2.45) is 5.73 Å². The molecule has 0 saturated heterocycles. The molecule has 7 heteroatoms. The first-order valence-electron chi connectivity index (χ1n) is 9.52. The summed E-state index contributed by atoms with van der Waals surface area (Å²) in [6.07, 6.45) is 3.33. The van der Waals surface area contributed by atoms with Crippen molar-refractivity contribution in [2.45, 2.75) is 38.5 Å². The Hall–Kier alpha value is -2.86. The summed E-state index contributed by atoms with van der Waals surface area (Å²) in [5.41, 5.74) is 9.56. The van der Waals surface area contributed by atoms with Crippen molar-refractivity contribution >= 4 is 35.8 Å². The molecule has 0 fully saturated rings. The standard InChI is InChI=1S/C22H25N3O3.ClH/c1-2-28-20(26)12-17-5-3-4-14-10-11-18(13-19(14)17)25-22(27)16-8-6-15(7-9-16)21(23)24;/h6-11,13,17H,2-5,12H2,1H3,(H3,23,24)(H,25,27);1H. The number of carbonyl (C=O) groups is 2. The number of fused-ring (bicyclic) bond motifs is 1. The van der Waals surface area contributed by atoms with E-state index in [-0.39, 0.29) is 36.0 Å². The number of benzene rings is 2. The molecular formula is C22H26ClN3O3. The minimum atomic E-state index is -0.229. The Morgan fingerprint density at radius 1 is 1.17 bits per heavy atom. The summed E-state index contributed by atoms with van der Waals surface area (Å²) in [6.45, 7) is 2.19. The fourth-order valence-corrected chi connectivity index (χ4v) is 3.61. The number of aryl methyl sites for hydroxylation is 1. The van der Waals surface area contributed by atoms with Gasteiger partial charge in [-0.1, -0.05) is 18.2 Å². The number of carbonyl (C=O) groups excluding carboxylic acids is 2. The normalized spacial score (nSPS) is 14.9. The van der Waals surface area contributed by atoms with Crippen LogP contribution in [0.2, 0.25) is 0 Å². The molecule has 2 aromatic carbocycles. The third-order valence-corrected chi connectivity index (χ3v) is 5.02. The minimum absolute atomic E-state index is 0. The van der Waals surface area contributed by atoms with E-state index in [1.807, 2.05) is 25.1 Å². The average Bonchev–Trinajstić information content (AvgIpc) is 2.68. The first kappa shape index (κ1) is 22.4. The van der Waals surface area contributed by atoms with Gasteiger partial charge in [0.25, 0.3) is 5.91 Å². The zero-order valence-electron chi connectivity index (χ0n) is 16.4. The molecule has 0 radical (unpaired) electrons. The third kappa shape index (κ3) is 5.57. The molecular weight excluding hydrogens is 390 g/mol. The fourth-order valence-electron chi connectivity index (χ4n) is 3.61. The molecule has 1 unspecified atom stereocenters. The van der Waals surface area contributed by atoms with Crippen LogP contribution in [0.3, 0.4) is 0 Å². The molecule has 2 aromatic rings. The largest absolute Gasteiger partial charge is 0.466 e. The zero-order chi connectivity index (χ0) is 20.1. The van der Waals surface area contributed by atoms with Gasteiger partial charge in [-0.15, -0.1) is 12.4 Å². The highest BCUT2D eigenvalue weighted by atomic mass is 35.5. The lowest BCUT2D eigenvalue weighted by molar-refractivity contribution is -0.143. The molecule has 29 heavy (non-hydrogen) atoms. The summed E-state index contributed by atoms with van der Waals surface area (Å²) in [5, 5.41) is 10.3. The van der Waals surface area contributed by atoms with Crippen LogP contribution < -0.4 is 11.1 Å². The van der Waals surface area contributed by atoms with Crippen molar-refractivity contribution < 1.29 is 14.3 Å². The van der Waals surface area contributed by atoms with Crippen LogP contribution in [0.15, 0.2) is 42.5 Å². The fraction of sp³-hybridized carbons (Fsp3) is 0.318. The number of esters is 1. The number of nitrogens with two attached hydrogens (primary N) is 1. The van der Waals surface area contributed by atoms with Crippen molar-refractivity contribution in [1.82, 2.24) is 0 Å². The summed E-state index contributed by atoms with van der Waals surface area (Å²) in [5.74, 6) is -0.322. The number of hydrogen-bond acceptors (Lipinski definition) is 4. The van der Waals surface area contributed by atoms with E-state index in [2.05, 4.69) is 5.32 Å². The second-order valence-corrected chi connectivity index (χ2v) is 6.96. The summed E-state index contributed by atoms with van der Waals surface area (Å²) in [6, 6.07) is 12.5. The van der Waals surface area contributed by atoms with Gasteiger partial charge in [0.1, 0.15) is 5.84 Å². The van der Waals surface area contributed by atoms with Gasteiger partial charge in [0.05, 0.1) is 13.0 Å². The predicted molar refractivity (Wildman–Crippen MR) is 116 cm³/mol. The highest BCUT2D eigenvalue weighted by molar-refractivity contribution is 6.05. The topological polar surface area (TPSA) is 105 Å². The van der Waals surface area contributed by atoms with Gasteiger partial charge in [-0.25, -0.2) is 0 Å². The number of amidine groups is 1. The van der Waals surface area contributed by atoms with Gasteiger partial charge in [0, 0.05) is 16.8 Å². The van der Waals surface area contributed by atoms with Gasteiger partial charge in [-0.3, -0.25) is 15.0 Å². The Balaban J connectivity index is 0.00000300. The lowest BCUT2D eigenvalue weighted by atomic mass is 9.81. The predicted octanol–water partition coefficient (Wildman–Crippen LogP) is 4.02. The van der Waals surface area contributed by atoms with Crippen molar-refractivity contribution in [2.75, 3.05) is 11.9 Å². The monoisotopic (exact) mass is 415 g/mol. The first-order valence-corrected chi connectivity index (χ1v) is 9.52. The molecule has 0 aliphatic heterocycles. The maximum absolute atomic E-state index is 12.5. The Bertz CT molecular complexity index is 897. The smallest absolute Gasteiger partial charge is 0.306 e. The number of hydrogen-bond donors (Lipinski definition) is 3. The van der Waals surface area contributed by atoms with Crippen molar-refractivity contribution in [3.8, 4) is 0 Å². The number of ether oxygens (including phenoxy) is 1. The van der Waals surface area contributed by atoms with E-state index in [0.717, 1.165) is 24.8 Å². The van der Waals surface area contributed by atoms with E-state index >= 15 is 0 Å². The summed E-state index contributed by atoms with van der Waals surface area (Å²) in [7, 11) is 0. The summed E-state index contributed by atoms with van der Waals surface area (Å²) < 4.78 is 5.11. The van der Waals surface area contributed by atoms with Gasteiger partial charge in [-0.2, -0.15) is 0 Å². The van der Waals surface area contributed by atoms with Gasteiger partial charge >= 0.3 is 5.97 Å². The average molecular weight is 416 g/mol. The van der Waals surface area contributed by atoms with Crippen LogP contribution in [0.25, 0.3) is 0 Å². The number of amides is 1. The Labute approximate surface area is 176 Å². The van der Waals surface area contributed by atoms with Crippen LogP contribution in [0.4, 0.5) is 5.69 Å². The molecule has 1 amide bonds. The van der Waals surface area contributed by atoms with Gasteiger partial charge in [0.2, 0.25) is 0 Å². The van der Waals surface area contributed by atoms with Crippen molar-refractivity contribution in [1.29, 1.82) is 5.41 Å². The lowest BCUT2D eigenvalue weighted by Crippen LogP contribution is -2.17. The molecule has 6 nitrogen and oxygen atoms in total. The molecule has 154 valence electrons. The van der Waals surface area contributed by atoms with E-state index in [0.29, 0.717) is 29.8 Å². The number of halogens is 1. The minimum Gasteiger partial charge on any atom is -0.466 e. The van der Waals surface area contributed by atoms with Crippen molar-refractivity contribution in [3.05, 3.63) is 64.7 Å². The van der Waals surface area contributed by atoms with Gasteiger partial charge in [0.15, 0.2) is 0 Å². The highest BCUT2D eigenvalue weighted by Crippen LogP contribution is 2.36. The Kier molecular flexibility index (Phi) is 7.79. The van der Waals surface area contributed by atoms with Crippen LogP contribution in [0, 0.1) is 5.41 Å².